The van der Waals surface area contributed by atoms with Crippen LogP contribution in [0, 0.1) is 5.92 Å². The van der Waals surface area contributed by atoms with E-state index in [1.165, 1.54) is 21.3 Å². The Kier molecular flexibility index (Phi) is 6.53. The zero-order valence-electron chi connectivity index (χ0n) is 19.3. The number of thiophene rings is 1. The average molecular weight is 494 g/mol. The van der Waals surface area contributed by atoms with Crippen molar-refractivity contribution in [2.75, 3.05) is 18.8 Å². The van der Waals surface area contributed by atoms with E-state index in [0.29, 0.717) is 18.3 Å². The summed E-state index contributed by atoms with van der Waals surface area (Å²) in [6.45, 7) is 7.68. The zero-order chi connectivity index (χ0) is 23.8. The smallest absolute Gasteiger partial charge is 0.138 e. The van der Waals surface area contributed by atoms with Crippen LogP contribution in [0.4, 0.5) is 5.82 Å². The Hall–Kier alpha value is -2.58. The molecular weight excluding hydrogens is 466 g/mol. The first-order chi connectivity index (χ1) is 16.4. The van der Waals surface area contributed by atoms with E-state index < -0.39 is 0 Å². The van der Waals surface area contributed by atoms with Gasteiger partial charge in [0.25, 0.3) is 0 Å². The fraction of sp³-hybridized carbons (Fsp3) is 0.346. The lowest BCUT2D eigenvalue weighted by molar-refractivity contribution is -0.119. The van der Waals surface area contributed by atoms with Crippen molar-refractivity contribution >= 4 is 56.0 Å². The summed E-state index contributed by atoms with van der Waals surface area (Å²) in [5.41, 5.74) is 7.93. The molecule has 0 aliphatic carbocycles. The summed E-state index contributed by atoms with van der Waals surface area (Å²) in [4.78, 5) is 26.9. The molecule has 1 unspecified atom stereocenters. The molecule has 0 saturated carbocycles. The number of carbonyl (C=O) groups is 1. The summed E-state index contributed by atoms with van der Waals surface area (Å²) in [6, 6.07) is 14.3. The molecule has 2 atom stereocenters. The summed E-state index contributed by atoms with van der Waals surface area (Å²) in [5, 5.41) is 2.84. The Morgan fingerprint density at radius 2 is 1.94 bits per heavy atom. The van der Waals surface area contributed by atoms with Crippen LogP contribution in [-0.4, -0.2) is 51.2 Å². The van der Waals surface area contributed by atoms with Crippen LogP contribution >= 0.6 is 22.9 Å². The Morgan fingerprint density at radius 3 is 2.74 bits per heavy atom. The molecule has 5 rings (SSSR count). The van der Waals surface area contributed by atoms with Gasteiger partial charge in [-0.2, -0.15) is 0 Å². The summed E-state index contributed by atoms with van der Waals surface area (Å²) in [6.07, 6.45) is 2.62. The van der Waals surface area contributed by atoms with Gasteiger partial charge >= 0.3 is 0 Å². The third-order valence-electron chi connectivity index (χ3n) is 6.70. The Labute approximate surface area is 208 Å². The molecular formula is C26H28ClN5OS. The Bertz CT molecular complexity index is 1340. The number of halogens is 1. The van der Waals surface area contributed by atoms with Crippen molar-refractivity contribution in [3.8, 4) is 0 Å². The normalized spacial score (nSPS) is 19.9. The summed E-state index contributed by atoms with van der Waals surface area (Å²) in [7, 11) is 0. The fourth-order valence-electron chi connectivity index (χ4n) is 5.13. The van der Waals surface area contributed by atoms with Gasteiger partial charge in [0.2, 0.25) is 0 Å². The highest BCUT2D eigenvalue weighted by Gasteiger charge is 2.38. The van der Waals surface area contributed by atoms with Crippen molar-refractivity contribution in [2.45, 2.75) is 39.0 Å². The maximum absolute atomic E-state index is 12.4. The minimum Gasteiger partial charge on any atom is -0.383 e. The molecule has 1 fully saturated rings. The molecule has 0 radical (unpaired) electrons. The van der Waals surface area contributed by atoms with Crippen LogP contribution in [0.3, 0.4) is 0 Å². The van der Waals surface area contributed by atoms with Crippen molar-refractivity contribution in [3.63, 3.8) is 0 Å². The number of anilines is 1. The van der Waals surface area contributed by atoms with Crippen LogP contribution in [-0.2, 0) is 17.9 Å². The number of nitrogens with zero attached hydrogens (tertiary/aromatic N) is 4. The number of fused-ring (bicyclic) bond motifs is 2. The standard InChI is InChI=1S/C26H28ClN5OS/c1-16(2)25-23(14-33)31(12-17-3-6-21-22(9-17)29-15-30-26(21)28)7-8-32(25)13-20-10-18-4-5-19(27)11-24(18)34-20/h3-6,9-11,14-16,23,25H,7-8,12-13H2,1-2H3,(H2,28,29,30)/t23?,25-/m0/s1. The quantitative estimate of drug-likeness (QED) is 0.381. The van der Waals surface area contributed by atoms with Gasteiger partial charge in [0, 0.05) is 52.2 Å². The molecule has 1 saturated heterocycles. The van der Waals surface area contributed by atoms with Crippen molar-refractivity contribution in [1.82, 2.24) is 19.8 Å². The van der Waals surface area contributed by atoms with E-state index in [4.69, 9.17) is 17.3 Å². The lowest BCUT2D eigenvalue weighted by Gasteiger charge is -2.47. The van der Waals surface area contributed by atoms with Gasteiger partial charge in [-0.1, -0.05) is 37.6 Å². The summed E-state index contributed by atoms with van der Waals surface area (Å²) in [5.74, 6) is 0.824. The number of hydrogen-bond acceptors (Lipinski definition) is 7. The number of aldehydes is 1. The van der Waals surface area contributed by atoms with Gasteiger partial charge in [-0.15, -0.1) is 11.3 Å². The minimum absolute atomic E-state index is 0.137. The molecule has 8 heteroatoms. The van der Waals surface area contributed by atoms with Crippen LogP contribution in [0.1, 0.15) is 24.3 Å². The first kappa shape index (κ1) is 23.2. The van der Waals surface area contributed by atoms with Gasteiger partial charge in [-0.3, -0.25) is 9.80 Å². The number of nitrogens with two attached hydrogens (primary N) is 1. The maximum Gasteiger partial charge on any atom is 0.138 e. The predicted molar refractivity (Wildman–Crippen MR) is 140 cm³/mol. The van der Waals surface area contributed by atoms with Crippen LogP contribution in [0.15, 0.2) is 48.8 Å². The number of rotatable bonds is 6. The fourth-order valence-corrected chi connectivity index (χ4v) is 6.50. The van der Waals surface area contributed by atoms with Crippen molar-refractivity contribution in [1.29, 1.82) is 0 Å². The maximum atomic E-state index is 12.4. The summed E-state index contributed by atoms with van der Waals surface area (Å²) >= 11 is 7.97. The molecule has 3 heterocycles. The average Bonchev–Trinajstić information content (AvgIpc) is 3.21. The third kappa shape index (κ3) is 4.53. The molecule has 6 nitrogen and oxygen atoms in total. The molecule has 1 aliphatic heterocycles. The molecule has 2 aromatic heterocycles. The van der Waals surface area contributed by atoms with Gasteiger partial charge in [0.05, 0.1) is 11.6 Å². The first-order valence-electron chi connectivity index (χ1n) is 11.5. The monoisotopic (exact) mass is 493 g/mol. The molecule has 0 amide bonds. The van der Waals surface area contributed by atoms with Gasteiger partial charge in [0.15, 0.2) is 0 Å². The van der Waals surface area contributed by atoms with E-state index in [1.807, 2.05) is 24.3 Å². The van der Waals surface area contributed by atoms with Crippen LogP contribution in [0.5, 0.6) is 0 Å². The molecule has 1 aliphatic rings. The van der Waals surface area contributed by atoms with E-state index in [-0.39, 0.29) is 12.1 Å². The summed E-state index contributed by atoms with van der Waals surface area (Å²) < 4.78 is 1.20. The van der Waals surface area contributed by atoms with Crippen LogP contribution in [0.2, 0.25) is 5.02 Å². The van der Waals surface area contributed by atoms with Crippen LogP contribution < -0.4 is 5.73 Å². The molecule has 2 aromatic carbocycles. The number of carbonyl (C=O) groups excluding carboxylic acids is 1. The minimum atomic E-state index is -0.177. The van der Waals surface area contributed by atoms with E-state index in [2.05, 4.69) is 51.8 Å². The van der Waals surface area contributed by atoms with E-state index in [0.717, 1.165) is 47.4 Å². The number of aromatic nitrogens is 2. The largest absolute Gasteiger partial charge is 0.383 e. The number of benzene rings is 2. The third-order valence-corrected chi connectivity index (χ3v) is 8.02. The molecule has 0 bridgehead atoms. The molecule has 4 aromatic rings. The van der Waals surface area contributed by atoms with Gasteiger partial charge in [-0.05, 0) is 47.2 Å². The van der Waals surface area contributed by atoms with E-state index >= 15 is 0 Å². The molecule has 34 heavy (non-hydrogen) atoms. The lowest BCUT2D eigenvalue weighted by atomic mass is 9.91. The number of nitrogen functional groups attached to an aromatic ring is 1. The predicted octanol–water partition coefficient (Wildman–Crippen LogP) is 4.99. The second-order valence-corrected chi connectivity index (χ2v) is 10.9. The van der Waals surface area contributed by atoms with Crippen LogP contribution in [0.25, 0.3) is 21.0 Å². The van der Waals surface area contributed by atoms with Crippen molar-refractivity contribution < 1.29 is 4.79 Å². The van der Waals surface area contributed by atoms with E-state index in [1.54, 1.807) is 11.3 Å². The van der Waals surface area contributed by atoms with E-state index in [9.17, 15) is 4.79 Å². The highest BCUT2D eigenvalue weighted by molar-refractivity contribution is 7.19. The van der Waals surface area contributed by atoms with Crippen molar-refractivity contribution in [2.24, 2.45) is 5.92 Å². The SMILES string of the molecule is CC(C)[C@H]1C(C=O)N(Cc2ccc3c(N)ncnc3c2)CCN1Cc1cc2ccc(Cl)cc2s1. The van der Waals surface area contributed by atoms with Gasteiger partial charge < -0.3 is 10.5 Å². The number of hydrogen-bond donors (Lipinski definition) is 1. The van der Waals surface area contributed by atoms with Gasteiger partial charge in [-0.25, -0.2) is 9.97 Å². The topological polar surface area (TPSA) is 75.3 Å². The molecule has 2 N–H and O–H groups in total. The molecule has 176 valence electrons. The zero-order valence-corrected chi connectivity index (χ0v) is 20.9. The highest BCUT2D eigenvalue weighted by atomic mass is 35.5. The lowest BCUT2D eigenvalue weighted by Crippen LogP contribution is -2.61. The Morgan fingerprint density at radius 1 is 1.12 bits per heavy atom. The van der Waals surface area contributed by atoms with Gasteiger partial charge in [0.1, 0.15) is 18.4 Å². The number of piperazine rings is 1. The highest BCUT2D eigenvalue weighted by Crippen LogP contribution is 2.32. The van der Waals surface area contributed by atoms with Crippen molar-refractivity contribution in [3.05, 3.63) is 64.3 Å². The first-order valence-corrected chi connectivity index (χ1v) is 12.7. The second kappa shape index (κ2) is 9.58. The Balaban J connectivity index is 1.37. The molecule has 0 spiro atoms. The second-order valence-electron chi connectivity index (χ2n) is 9.31.